The molecule has 0 rings (SSSR count). The lowest BCUT2D eigenvalue weighted by Gasteiger charge is -2.19. The van der Waals surface area contributed by atoms with E-state index in [0.717, 1.165) is 5.92 Å². The van der Waals surface area contributed by atoms with Gasteiger partial charge in [0.15, 0.2) is 0 Å². The number of rotatable bonds is 5. The maximum absolute atomic E-state index is 2.38. The zero-order valence-corrected chi connectivity index (χ0v) is 11.6. The van der Waals surface area contributed by atoms with Crippen LogP contribution in [0.5, 0.6) is 0 Å². The van der Waals surface area contributed by atoms with Gasteiger partial charge in [-0.3, -0.25) is 0 Å². The molecule has 0 aromatic carbocycles. The van der Waals surface area contributed by atoms with E-state index in [-0.39, 0.29) is 1.43 Å². The fourth-order valence-electron chi connectivity index (χ4n) is 1.62. The summed E-state index contributed by atoms with van der Waals surface area (Å²) in [4.78, 5) is 0. The van der Waals surface area contributed by atoms with Gasteiger partial charge in [0.05, 0.1) is 0 Å². The van der Waals surface area contributed by atoms with E-state index in [1.165, 1.54) is 32.1 Å². The van der Waals surface area contributed by atoms with Crippen molar-refractivity contribution in [2.45, 2.75) is 80.6 Å². The van der Waals surface area contributed by atoms with Crippen LogP contribution in [0.3, 0.4) is 0 Å². The maximum Gasteiger partial charge on any atom is 0 e. The van der Waals surface area contributed by atoms with Crippen molar-refractivity contribution in [1.82, 2.24) is 0 Å². The third-order valence-corrected chi connectivity index (χ3v) is 2.41. The zero-order valence-electron chi connectivity index (χ0n) is 11.6. The number of hydrogen-bond donors (Lipinski definition) is 0. The van der Waals surface area contributed by atoms with Crippen molar-refractivity contribution in [2.75, 3.05) is 0 Å². The summed E-state index contributed by atoms with van der Waals surface area (Å²) in [6.07, 6.45) is 6.96. The Morgan fingerprint density at radius 3 is 1.93 bits per heavy atom. The van der Waals surface area contributed by atoms with E-state index in [0.29, 0.717) is 5.41 Å². The minimum absolute atomic E-state index is 0. The van der Waals surface area contributed by atoms with Crippen LogP contribution < -0.4 is 0 Å². The molecule has 14 heavy (non-hydrogen) atoms. The van der Waals surface area contributed by atoms with Crippen molar-refractivity contribution >= 4 is 0 Å². The van der Waals surface area contributed by atoms with Crippen molar-refractivity contribution in [3.05, 3.63) is 0 Å². The second-order valence-corrected chi connectivity index (χ2v) is 5.35. The summed E-state index contributed by atoms with van der Waals surface area (Å²) in [5, 5.41) is 0. The number of hydrogen-bond acceptors (Lipinski definition) is 0. The van der Waals surface area contributed by atoms with Crippen LogP contribution in [0.1, 0.15) is 82.0 Å². The van der Waals surface area contributed by atoms with Gasteiger partial charge in [-0.1, -0.05) is 74.1 Å². The van der Waals surface area contributed by atoms with E-state index >= 15 is 0 Å². The van der Waals surface area contributed by atoms with Gasteiger partial charge in [0, 0.05) is 1.43 Å². The summed E-state index contributed by atoms with van der Waals surface area (Å²) in [5.41, 5.74) is 0.534. The average molecular weight is 204 g/mol. The molecule has 0 N–H and O–H groups in total. The van der Waals surface area contributed by atoms with Crippen molar-refractivity contribution in [3.63, 3.8) is 0 Å². The van der Waals surface area contributed by atoms with Gasteiger partial charge in [-0.25, -0.2) is 0 Å². The van der Waals surface area contributed by atoms with Crippen LogP contribution >= 0.6 is 0 Å². The lowest BCUT2D eigenvalue weighted by atomic mass is 9.87. The first-order chi connectivity index (χ1) is 6.45. The minimum atomic E-state index is 0. The van der Waals surface area contributed by atoms with E-state index in [1.807, 2.05) is 13.8 Å². The van der Waals surface area contributed by atoms with Gasteiger partial charge in [-0.15, -0.1) is 0 Å². The molecule has 0 saturated heterocycles. The van der Waals surface area contributed by atoms with Crippen molar-refractivity contribution in [1.29, 1.82) is 0 Å². The van der Waals surface area contributed by atoms with Gasteiger partial charge in [-0.05, 0) is 17.8 Å². The smallest absolute Gasteiger partial charge is 0 e. The Labute approximate surface area is 94.0 Å². The van der Waals surface area contributed by atoms with E-state index in [4.69, 9.17) is 0 Å². The van der Waals surface area contributed by atoms with E-state index in [9.17, 15) is 0 Å². The summed E-state index contributed by atoms with van der Waals surface area (Å²) in [6.45, 7) is 15.7. The zero-order chi connectivity index (χ0) is 11.6. The molecule has 0 bridgehead atoms. The molecule has 1 unspecified atom stereocenters. The molecule has 1 atom stereocenters. The molecule has 0 aromatic heterocycles. The molecule has 0 heterocycles. The lowest BCUT2D eigenvalue weighted by molar-refractivity contribution is 0.338. The van der Waals surface area contributed by atoms with Gasteiger partial charge >= 0.3 is 0 Å². The van der Waals surface area contributed by atoms with Crippen LogP contribution in [0.2, 0.25) is 0 Å². The fourth-order valence-corrected chi connectivity index (χ4v) is 1.62. The Kier molecular flexibility index (Phi) is 11.2. The predicted octanol–water partition coefficient (Wildman–Crippen LogP) is 5.91. The van der Waals surface area contributed by atoms with Gasteiger partial charge in [0.2, 0.25) is 0 Å². The first-order valence-corrected chi connectivity index (χ1v) is 6.45. The van der Waals surface area contributed by atoms with Crippen LogP contribution in [0.25, 0.3) is 0 Å². The highest BCUT2D eigenvalue weighted by Crippen LogP contribution is 2.24. The molecule has 0 amide bonds. The second-order valence-electron chi connectivity index (χ2n) is 5.35. The Hall–Kier alpha value is 0. The predicted molar refractivity (Wildman–Crippen MR) is 70.8 cm³/mol. The molecule has 0 aromatic rings. The molecular formula is C14H34. The van der Waals surface area contributed by atoms with Crippen molar-refractivity contribution < 1.29 is 1.43 Å². The SMILES string of the molecule is CC.CCCC(C)CCCC(C)(C)C.[3HH]. The topological polar surface area (TPSA) is 0 Å². The maximum atomic E-state index is 2.38. The Balaban J connectivity index is -0.000000449. The summed E-state index contributed by atoms with van der Waals surface area (Å²) in [6, 6.07) is 0. The molecule has 0 aliphatic heterocycles. The van der Waals surface area contributed by atoms with Crippen LogP contribution in [0, 0.1) is 11.3 Å². The third-order valence-electron chi connectivity index (χ3n) is 2.41. The first-order valence-electron chi connectivity index (χ1n) is 6.45. The van der Waals surface area contributed by atoms with Gasteiger partial charge < -0.3 is 0 Å². The molecule has 0 saturated carbocycles. The first kappa shape index (κ1) is 16.4. The summed E-state index contributed by atoms with van der Waals surface area (Å²) < 4.78 is 0. The third kappa shape index (κ3) is 14.5. The molecule has 0 aliphatic rings. The standard InChI is InChI=1S/C12H26.C2H6.H2/c1-6-8-11(2)9-7-10-12(3,4)5;1-2;/h11H,6-10H2,1-5H3;1-2H3;1H/i;;1+2. The average Bonchev–Trinajstić information content (AvgIpc) is 2.06. The summed E-state index contributed by atoms with van der Waals surface area (Å²) >= 11 is 0. The Morgan fingerprint density at radius 2 is 1.57 bits per heavy atom. The van der Waals surface area contributed by atoms with Crippen LogP contribution in [-0.4, -0.2) is 0 Å². The normalized spacial score (nSPS) is 13.1. The highest BCUT2D eigenvalue weighted by Gasteiger charge is 2.10. The monoisotopic (exact) mass is 204 g/mol. The van der Waals surface area contributed by atoms with Gasteiger partial charge in [-0.2, -0.15) is 0 Å². The van der Waals surface area contributed by atoms with E-state index in [2.05, 4.69) is 34.6 Å². The highest BCUT2D eigenvalue weighted by atomic mass is 14.2. The van der Waals surface area contributed by atoms with Crippen LogP contribution in [0.15, 0.2) is 0 Å². The van der Waals surface area contributed by atoms with Crippen molar-refractivity contribution in [2.24, 2.45) is 11.3 Å². The van der Waals surface area contributed by atoms with E-state index < -0.39 is 0 Å². The molecule has 0 heteroatoms. The summed E-state index contributed by atoms with van der Waals surface area (Å²) in [7, 11) is 0. The largest absolute Gasteiger partial charge is 0.0683 e. The van der Waals surface area contributed by atoms with Gasteiger partial charge in [0.25, 0.3) is 0 Å². The molecule has 90 valence electrons. The molecule has 0 fully saturated rings. The second kappa shape index (κ2) is 9.55. The molecule has 0 aliphatic carbocycles. The molecule has 0 radical (unpaired) electrons. The summed E-state index contributed by atoms with van der Waals surface area (Å²) in [5.74, 6) is 0.942. The fraction of sp³-hybridized carbons (Fsp3) is 1.00. The Bertz CT molecular complexity index is 102. The highest BCUT2D eigenvalue weighted by molar-refractivity contribution is 4.62. The lowest BCUT2D eigenvalue weighted by Crippen LogP contribution is -2.05. The van der Waals surface area contributed by atoms with Crippen LogP contribution in [-0.2, 0) is 0 Å². The molecular weight excluding hydrogens is 168 g/mol. The van der Waals surface area contributed by atoms with E-state index in [1.54, 1.807) is 0 Å². The Morgan fingerprint density at radius 1 is 1.07 bits per heavy atom. The van der Waals surface area contributed by atoms with Crippen molar-refractivity contribution in [3.8, 4) is 0 Å². The molecule has 0 nitrogen and oxygen atoms in total. The minimum Gasteiger partial charge on any atom is -0.0683 e. The molecule has 0 spiro atoms. The van der Waals surface area contributed by atoms with Crippen LogP contribution in [0.4, 0.5) is 0 Å². The van der Waals surface area contributed by atoms with Gasteiger partial charge in [0.1, 0.15) is 0 Å². The quantitative estimate of drug-likeness (QED) is 0.522.